The number of ether oxygens (including phenoxy) is 1. The summed E-state index contributed by atoms with van der Waals surface area (Å²) in [5.41, 5.74) is 1.29. The molecule has 1 aromatic heterocycles. The fourth-order valence-corrected chi connectivity index (χ4v) is 2.07. The molecule has 1 N–H and O–H groups in total. The maximum absolute atomic E-state index is 5.68. The van der Waals surface area contributed by atoms with Gasteiger partial charge in [-0.25, -0.2) is 4.98 Å². The van der Waals surface area contributed by atoms with Crippen LogP contribution in [0.25, 0.3) is 0 Å². The molecule has 0 saturated heterocycles. The summed E-state index contributed by atoms with van der Waals surface area (Å²) in [6.45, 7) is 6.84. The lowest BCUT2D eigenvalue weighted by atomic mass is 10.2. The highest BCUT2D eigenvalue weighted by Crippen LogP contribution is 2.28. The summed E-state index contributed by atoms with van der Waals surface area (Å²) in [6.07, 6.45) is 5.72. The van der Waals surface area contributed by atoms with Crippen LogP contribution in [0.15, 0.2) is 18.3 Å². The Morgan fingerprint density at radius 2 is 2.30 bits per heavy atom. The lowest BCUT2D eigenvalue weighted by molar-refractivity contribution is 0.102. The number of pyridine rings is 1. The normalized spacial score (nSPS) is 14.8. The van der Waals surface area contributed by atoms with Crippen molar-refractivity contribution in [2.75, 3.05) is 38.7 Å². The van der Waals surface area contributed by atoms with Crippen molar-refractivity contribution in [2.45, 2.75) is 32.7 Å². The van der Waals surface area contributed by atoms with Crippen LogP contribution in [0.3, 0.4) is 0 Å². The van der Waals surface area contributed by atoms with Gasteiger partial charge in [-0.2, -0.15) is 0 Å². The van der Waals surface area contributed by atoms with Gasteiger partial charge in [0.05, 0.1) is 6.61 Å². The second-order valence-electron chi connectivity index (χ2n) is 5.73. The number of hydrogen-bond acceptors (Lipinski definition) is 4. The van der Waals surface area contributed by atoms with Crippen LogP contribution in [0, 0.1) is 5.92 Å². The van der Waals surface area contributed by atoms with E-state index in [9.17, 15) is 0 Å². The SMILES string of the molecule is CCCNc1cc(CN(C)CCOCC2CC2)ccn1. The second-order valence-corrected chi connectivity index (χ2v) is 5.73. The molecule has 112 valence electrons. The molecule has 1 aliphatic rings. The molecule has 0 radical (unpaired) electrons. The van der Waals surface area contributed by atoms with Crippen molar-refractivity contribution >= 4 is 5.82 Å². The largest absolute Gasteiger partial charge is 0.380 e. The predicted molar refractivity (Wildman–Crippen MR) is 82.9 cm³/mol. The van der Waals surface area contributed by atoms with Crippen molar-refractivity contribution in [1.82, 2.24) is 9.88 Å². The second kappa shape index (κ2) is 8.22. The average molecular weight is 277 g/mol. The van der Waals surface area contributed by atoms with Crippen molar-refractivity contribution in [3.05, 3.63) is 23.9 Å². The van der Waals surface area contributed by atoms with Gasteiger partial charge in [-0.15, -0.1) is 0 Å². The summed E-state index contributed by atoms with van der Waals surface area (Å²) < 4.78 is 5.68. The smallest absolute Gasteiger partial charge is 0.126 e. The zero-order chi connectivity index (χ0) is 14.2. The summed E-state index contributed by atoms with van der Waals surface area (Å²) in [4.78, 5) is 6.63. The third kappa shape index (κ3) is 5.88. The quantitative estimate of drug-likeness (QED) is 0.667. The Bertz CT molecular complexity index is 393. The van der Waals surface area contributed by atoms with Gasteiger partial charge >= 0.3 is 0 Å². The molecule has 0 aromatic carbocycles. The topological polar surface area (TPSA) is 37.4 Å². The van der Waals surface area contributed by atoms with Crippen LogP contribution in [0.4, 0.5) is 5.82 Å². The van der Waals surface area contributed by atoms with Crippen LogP contribution in [-0.4, -0.2) is 43.2 Å². The molecule has 0 unspecified atom stereocenters. The van der Waals surface area contributed by atoms with E-state index in [0.29, 0.717) is 0 Å². The third-order valence-corrected chi connectivity index (χ3v) is 3.50. The van der Waals surface area contributed by atoms with E-state index in [0.717, 1.165) is 51.0 Å². The van der Waals surface area contributed by atoms with Crippen molar-refractivity contribution in [2.24, 2.45) is 5.92 Å². The van der Waals surface area contributed by atoms with E-state index in [4.69, 9.17) is 4.74 Å². The van der Waals surface area contributed by atoms with Crippen molar-refractivity contribution < 1.29 is 4.74 Å². The lowest BCUT2D eigenvalue weighted by Crippen LogP contribution is -2.23. The number of nitrogens with zero attached hydrogens (tertiary/aromatic N) is 2. The summed E-state index contributed by atoms with van der Waals surface area (Å²) in [6, 6.07) is 4.22. The summed E-state index contributed by atoms with van der Waals surface area (Å²) in [7, 11) is 2.14. The average Bonchev–Trinajstić information content (AvgIpc) is 3.26. The maximum Gasteiger partial charge on any atom is 0.126 e. The predicted octanol–water partition coefficient (Wildman–Crippen LogP) is 2.76. The molecule has 1 aliphatic carbocycles. The fourth-order valence-electron chi connectivity index (χ4n) is 2.07. The molecule has 1 saturated carbocycles. The van der Waals surface area contributed by atoms with Crippen molar-refractivity contribution in [3.63, 3.8) is 0 Å². The minimum atomic E-state index is 0.832. The van der Waals surface area contributed by atoms with Crippen LogP contribution in [0.2, 0.25) is 0 Å². The van der Waals surface area contributed by atoms with Gasteiger partial charge in [0, 0.05) is 32.4 Å². The highest BCUT2D eigenvalue weighted by molar-refractivity contribution is 5.37. The Kier molecular flexibility index (Phi) is 6.27. The van der Waals surface area contributed by atoms with Crippen LogP contribution < -0.4 is 5.32 Å². The molecule has 20 heavy (non-hydrogen) atoms. The molecule has 0 aliphatic heterocycles. The highest BCUT2D eigenvalue weighted by Gasteiger charge is 2.20. The zero-order valence-electron chi connectivity index (χ0n) is 12.8. The Balaban J connectivity index is 1.67. The van der Waals surface area contributed by atoms with Gasteiger partial charge < -0.3 is 10.1 Å². The third-order valence-electron chi connectivity index (χ3n) is 3.50. The molecule has 4 nitrogen and oxygen atoms in total. The van der Waals surface area contributed by atoms with Gasteiger partial charge in [0.25, 0.3) is 0 Å². The number of aromatic nitrogens is 1. The van der Waals surface area contributed by atoms with Crippen LogP contribution in [0.5, 0.6) is 0 Å². The first-order valence-corrected chi connectivity index (χ1v) is 7.73. The van der Waals surface area contributed by atoms with Gasteiger partial charge in [0.2, 0.25) is 0 Å². The number of nitrogens with one attached hydrogen (secondary N) is 1. The monoisotopic (exact) mass is 277 g/mol. The van der Waals surface area contributed by atoms with E-state index in [-0.39, 0.29) is 0 Å². The van der Waals surface area contributed by atoms with E-state index in [1.165, 1.54) is 18.4 Å². The first kappa shape index (κ1) is 15.3. The van der Waals surface area contributed by atoms with Gasteiger partial charge in [0.15, 0.2) is 0 Å². The molecule has 0 bridgehead atoms. The molecule has 2 rings (SSSR count). The van der Waals surface area contributed by atoms with E-state index in [1.807, 2.05) is 6.20 Å². The first-order valence-electron chi connectivity index (χ1n) is 7.73. The minimum absolute atomic E-state index is 0.832. The molecule has 0 atom stereocenters. The summed E-state index contributed by atoms with van der Waals surface area (Å²) in [5, 5.41) is 3.33. The molecule has 1 heterocycles. The van der Waals surface area contributed by atoms with Crippen LogP contribution in [0.1, 0.15) is 31.7 Å². The standard InChI is InChI=1S/C16H27N3O/c1-3-7-17-16-11-15(6-8-18-16)12-19(2)9-10-20-13-14-4-5-14/h6,8,11,14H,3-5,7,9-10,12-13H2,1-2H3,(H,17,18). The molecule has 0 spiro atoms. The number of likely N-dealkylation sites (N-methyl/N-ethyl adjacent to an activating group) is 1. The molecular formula is C16H27N3O. The highest BCUT2D eigenvalue weighted by atomic mass is 16.5. The Morgan fingerprint density at radius 3 is 3.05 bits per heavy atom. The van der Waals surface area contributed by atoms with E-state index in [1.54, 1.807) is 0 Å². The Labute approximate surface area is 122 Å². The van der Waals surface area contributed by atoms with Crippen molar-refractivity contribution in [3.8, 4) is 0 Å². The van der Waals surface area contributed by atoms with E-state index in [2.05, 4.69) is 41.3 Å². The van der Waals surface area contributed by atoms with Gasteiger partial charge in [-0.3, -0.25) is 4.90 Å². The molecule has 1 fully saturated rings. The molecule has 4 heteroatoms. The zero-order valence-corrected chi connectivity index (χ0v) is 12.8. The van der Waals surface area contributed by atoms with Crippen LogP contribution in [-0.2, 0) is 11.3 Å². The maximum atomic E-state index is 5.68. The minimum Gasteiger partial charge on any atom is -0.380 e. The van der Waals surface area contributed by atoms with Crippen molar-refractivity contribution in [1.29, 1.82) is 0 Å². The van der Waals surface area contributed by atoms with Gasteiger partial charge in [-0.05, 0) is 49.9 Å². The molecule has 1 aromatic rings. The fraction of sp³-hybridized carbons (Fsp3) is 0.688. The van der Waals surface area contributed by atoms with Gasteiger partial charge in [0.1, 0.15) is 5.82 Å². The number of rotatable bonds is 10. The van der Waals surface area contributed by atoms with E-state index < -0.39 is 0 Å². The summed E-state index contributed by atoms with van der Waals surface area (Å²) in [5.74, 6) is 1.83. The number of hydrogen-bond donors (Lipinski definition) is 1. The lowest BCUT2D eigenvalue weighted by Gasteiger charge is -2.17. The van der Waals surface area contributed by atoms with E-state index >= 15 is 0 Å². The Hall–Kier alpha value is -1.13. The first-order chi connectivity index (χ1) is 9.78. The Morgan fingerprint density at radius 1 is 1.45 bits per heavy atom. The van der Waals surface area contributed by atoms with Gasteiger partial charge in [-0.1, -0.05) is 6.92 Å². The molecular weight excluding hydrogens is 250 g/mol. The number of anilines is 1. The van der Waals surface area contributed by atoms with Crippen LogP contribution >= 0.6 is 0 Å². The molecule has 0 amide bonds. The summed E-state index contributed by atoms with van der Waals surface area (Å²) >= 11 is 0.